The topological polar surface area (TPSA) is 80.5 Å². The zero-order valence-electron chi connectivity index (χ0n) is 21.0. The van der Waals surface area contributed by atoms with Gasteiger partial charge in [-0.05, 0) is 93.3 Å². The first-order valence-electron chi connectivity index (χ1n) is 12.9. The van der Waals surface area contributed by atoms with Crippen molar-refractivity contribution >= 4 is 16.9 Å². The van der Waals surface area contributed by atoms with E-state index in [0.717, 1.165) is 87.1 Å². The predicted octanol–water partition coefficient (Wildman–Crippen LogP) is 4.74. The van der Waals surface area contributed by atoms with Gasteiger partial charge in [0.15, 0.2) is 0 Å². The first kappa shape index (κ1) is 25.2. The summed E-state index contributed by atoms with van der Waals surface area (Å²) in [6, 6.07) is 8.17. The molecule has 1 aliphatic heterocycles. The fourth-order valence-corrected chi connectivity index (χ4v) is 5.56. The number of benzene rings is 1. The van der Waals surface area contributed by atoms with Crippen molar-refractivity contribution in [3.63, 3.8) is 0 Å². The van der Waals surface area contributed by atoms with Crippen molar-refractivity contribution in [1.29, 1.82) is 0 Å². The first-order chi connectivity index (χ1) is 17.0. The number of imidazole rings is 1. The number of aryl methyl sites for hydroxylation is 3. The minimum absolute atomic E-state index is 0.261. The first-order valence-corrected chi connectivity index (χ1v) is 12.9. The molecular weight excluding hydrogens is 440 g/mol. The maximum atomic E-state index is 11.3. The zero-order chi connectivity index (χ0) is 24.6. The Kier molecular flexibility index (Phi) is 8.74. The Morgan fingerprint density at radius 2 is 2.00 bits per heavy atom. The lowest BCUT2D eigenvalue weighted by atomic mass is 9.79. The highest BCUT2D eigenvalue weighted by atomic mass is 16.5. The molecule has 7 nitrogen and oxygen atoms in total. The van der Waals surface area contributed by atoms with Gasteiger partial charge in [-0.2, -0.15) is 0 Å². The van der Waals surface area contributed by atoms with Gasteiger partial charge in [0.05, 0.1) is 12.6 Å². The molecule has 4 rings (SSSR count). The van der Waals surface area contributed by atoms with Gasteiger partial charge in [0.2, 0.25) is 0 Å². The normalized spacial score (nSPS) is 18.7. The Morgan fingerprint density at radius 1 is 1.11 bits per heavy atom. The maximum absolute atomic E-state index is 11.3. The number of aliphatic carboxylic acids is 1. The number of rotatable bonds is 12. The summed E-state index contributed by atoms with van der Waals surface area (Å²) in [5.74, 6) is 2.33. The Bertz CT molecular complexity index is 1110. The van der Waals surface area contributed by atoms with E-state index in [0.29, 0.717) is 11.8 Å². The molecule has 3 aromatic rings. The van der Waals surface area contributed by atoms with E-state index in [4.69, 9.17) is 4.74 Å². The quantitative estimate of drug-likeness (QED) is 0.405. The van der Waals surface area contributed by atoms with Crippen LogP contribution in [0, 0.1) is 11.8 Å². The fraction of sp³-hybridized carbons (Fsp3) is 0.536. The average molecular weight is 479 g/mol. The van der Waals surface area contributed by atoms with Crippen LogP contribution in [0.5, 0.6) is 5.75 Å². The Labute approximate surface area is 208 Å². The molecule has 2 aromatic heterocycles. The molecule has 7 heteroatoms. The van der Waals surface area contributed by atoms with E-state index in [2.05, 4.69) is 31.6 Å². The molecule has 1 N–H and O–H groups in total. The van der Waals surface area contributed by atoms with E-state index >= 15 is 0 Å². The molecule has 1 fully saturated rings. The van der Waals surface area contributed by atoms with Crippen molar-refractivity contribution in [3.05, 3.63) is 54.2 Å². The van der Waals surface area contributed by atoms with Crippen LogP contribution in [-0.4, -0.2) is 57.3 Å². The lowest BCUT2D eigenvalue weighted by Crippen LogP contribution is -2.41. The lowest BCUT2D eigenvalue weighted by Gasteiger charge is -2.39. The molecule has 0 aliphatic carbocycles. The van der Waals surface area contributed by atoms with E-state index < -0.39 is 5.97 Å². The number of carboxylic acid groups (broad SMARTS) is 1. The number of hydrogen-bond acceptors (Lipinski definition) is 5. The number of carbonyl (C=O) groups is 1. The van der Waals surface area contributed by atoms with Crippen LogP contribution in [0.1, 0.15) is 49.9 Å². The van der Waals surface area contributed by atoms with Crippen molar-refractivity contribution in [2.24, 2.45) is 18.9 Å². The third-order valence-electron chi connectivity index (χ3n) is 7.56. The highest BCUT2D eigenvalue weighted by Gasteiger charge is 2.29. The minimum atomic E-state index is -0.687. The predicted molar refractivity (Wildman–Crippen MR) is 138 cm³/mol. The molecule has 0 bridgehead atoms. The van der Waals surface area contributed by atoms with Gasteiger partial charge < -0.3 is 19.3 Å². The maximum Gasteiger partial charge on any atom is 0.303 e. The Balaban J connectivity index is 1.32. The van der Waals surface area contributed by atoms with Gasteiger partial charge in [0.25, 0.3) is 0 Å². The smallest absolute Gasteiger partial charge is 0.303 e. The summed E-state index contributed by atoms with van der Waals surface area (Å²) in [6.07, 6.45) is 13.2. The number of carboxylic acids is 1. The van der Waals surface area contributed by atoms with E-state index in [1.54, 1.807) is 7.11 Å². The van der Waals surface area contributed by atoms with Crippen LogP contribution in [0.3, 0.4) is 0 Å². The van der Waals surface area contributed by atoms with Gasteiger partial charge in [-0.3, -0.25) is 9.78 Å². The van der Waals surface area contributed by atoms with E-state index in [1.807, 2.05) is 37.8 Å². The van der Waals surface area contributed by atoms with Crippen LogP contribution in [0.25, 0.3) is 10.9 Å². The number of likely N-dealkylation sites (tertiary alicyclic amines) is 1. The second-order valence-corrected chi connectivity index (χ2v) is 9.85. The molecule has 1 saturated heterocycles. The van der Waals surface area contributed by atoms with Crippen molar-refractivity contribution in [1.82, 2.24) is 19.4 Å². The second-order valence-electron chi connectivity index (χ2n) is 9.85. The van der Waals surface area contributed by atoms with Crippen LogP contribution < -0.4 is 4.74 Å². The Morgan fingerprint density at radius 3 is 2.77 bits per heavy atom. The van der Waals surface area contributed by atoms with Crippen molar-refractivity contribution in [2.75, 3.05) is 26.7 Å². The number of pyridine rings is 1. The molecular formula is C28H38N4O3. The highest BCUT2D eigenvalue weighted by molar-refractivity contribution is 5.83. The van der Waals surface area contributed by atoms with Crippen LogP contribution >= 0.6 is 0 Å². The molecule has 188 valence electrons. The van der Waals surface area contributed by atoms with Crippen molar-refractivity contribution in [3.8, 4) is 5.75 Å². The van der Waals surface area contributed by atoms with Crippen LogP contribution in [0.4, 0.5) is 0 Å². The molecule has 0 amide bonds. The molecule has 0 radical (unpaired) electrons. The number of ether oxygens (including phenoxy) is 1. The summed E-state index contributed by atoms with van der Waals surface area (Å²) in [4.78, 5) is 22.8. The molecule has 0 spiro atoms. The molecule has 1 aromatic carbocycles. The highest BCUT2D eigenvalue weighted by Crippen LogP contribution is 2.32. The van der Waals surface area contributed by atoms with Gasteiger partial charge in [-0.25, -0.2) is 4.98 Å². The van der Waals surface area contributed by atoms with Gasteiger partial charge in [0.1, 0.15) is 11.6 Å². The number of piperidine rings is 1. The van der Waals surface area contributed by atoms with E-state index in [9.17, 15) is 9.90 Å². The summed E-state index contributed by atoms with van der Waals surface area (Å²) in [5, 5.41) is 10.5. The van der Waals surface area contributed by atoms with E-state index in [1.165, 1.54) is 5.56 Å². The standard InChI is InChI=1S/C28H38N4O3/c1-31-18-15-30-27(31)7-4-16-32-17-13-21(23(20-32)8-11-28(33)34)5-3-6-22-12-14-29-26-10-9-24(35-2)19-25(22)26/h9-10,12,14-15,18-19,21,23H,3-8,11,13,16-17,20H2,1-2H3,(H,33,34)/t21-,23+/m1/s1. The van der Waals surface area contributed by atoms with Gasteiger partial charge >= 0.3 is 5.97 Å². The Hall–Kier alpha value is -2.93. The summed E-state index contributed by atoms with van der Waals surface area (Å²) in [7, 11) is 3.74. The molecule has 3 heterocycles. The van der Waals surface area contributed by atoms with Gasteiger partial charge in [-0.15, -0.1) is 0 Å². The summed E-state index contributed by atoms with van der Waals surface area (Å²) in [6.45, 7) is 3.16. The minimum Gasteiger partial charge on any atom is -0.497 e. The molecule has 35 heavy (non-hydrogen) atoms. The van der Waals surface area contributed by atoms with Crippen LogP contribution in [0.2, 0.25) is 0 Å². The van der Waals surface area contributed by atoms with Crippen LogP contribution in [-0.2, 0) is 24.7 Å². The number of hydrogen-bond donors (Lipinski definition) is 1. The number of methoxy groups -OCH3 is 1. The molecule has 1 aliphatic rings. The third kappa shape index (κ3) is 6.82. The summed E-state index contributed by atoms with van der Waals surface area (Å²) >= 11 is 0. The number of nitrogens with zero attached hydrogens (tertiary/aromatic N) is 4. The van der Waals surface area contributed by atoms with Gasteiger partial charge in [0, 0.05) is 50.4 Å². The zero-order valence-corrected chi connectivity index (χ0v) is 21.0. The second kappa shape index (κ2) is 12.2. The molecule has 0 saturated carbocycles. The largest absolute Gasteiger partial charge is 0.497 e. The van der Waals surface area contributed by atoms with Gasteiger partial charge in [-0.1, -0.05) is 0 Å². The summed E-state index contributed by atoms with van der Waals surface area (Å²) < 4.78 is 7.50. The third-order valence-corrected chi connectivity index (χ3v) is 7.56. The van der Waals surface area contributed by atoms with E-state index in [-0.39, 0.29) is 6.42 Å². The molecule has 2 atom stereocenters. The summed E-state index contributed by atoms with van der Waals surface area (Å²) in [5.41, 5.74) is 2.31. The SMILES string of the molecule is COc1ccc2nccc(CCC[C@@H]3CCN(CCCc4nccn4C)C[C@@H]3CCC(=O)O)c2c1. The van der Waals surface area contributed by atoms with Crippen LogP contribution in [0.15, 0.2) is 42.9 Å². The number of aromatic nitrogens is 3. The number of fused-ring (bicyclic) bond motifs is 1. The van der Waals surface area contributed by atoms with Crippen molar-refractivity contribution in [2.45, 2.75) is 51.4 Å². The van der Waals surface area contributed by atoms with Crippen molar-refractivity contribution < 1.29 is 14.6 Å². The monoisotopic (exact) mass is 478 g/mol. The fourth-order valence-electron chi connectivity index (χ4n) is 5.56. The molecule has 0 unspecified atom stereocenters. The average Bonchev–Trinajstić information content (AvgIpc) is 3.28. The lowest BCUT2D eigenvalue weighted by molar-refractivity contribution is -0.137.